The third-order valence-corrected chi connectivity index (χ3v) is 5.64. The van der Waals surface area contributed by atoms with E-state index in [-0.39, 0.29) is 24.7 Å². The molecule has 9 heteroatoms. The Kier molecular flexibility index (Phi) is 6.94. The van der Waals surface area contributed by atoms with E-state index in [2.05, 4.69) is 33.0 Å². The molecule has 0 spiro atoms. The predicted octanol–water partition coefficient (Wildman–Crippen LogP) is 3.57. The molecular formula is C23H28F2N6O. The van der Waals surface area contributed by atoms with Crippen molar-refractivity contribution < 1.29 is 13.6 Å². The molecule has 1 aromatic carbocycles. The minimum atomic E-state index is -0.904. The van der Waals surface area contributed by atoms with Crippen molar-refractivity contribution in [3.8, 4) is 11.3 Å². The quantitative estimate of drug-likeness (QED) is 0.442. The van der Waals surface area contributed by atoms with E-state index in [0.717, 1.165) is 31.6 Å². The first-order chi connectivity index (χ1) is 15.5. The molecule has 3 N–H and O–H groups in total. The lowest BCUT2D eigenvalue weighted by molar-refractivity contribution is 0.0946. The lowest BCUT2D eigenvalue weighted by Gasteiger charge is -2.12. The van der Waals surface area contributed by atoms with Gasteiger partial charge in [0.05, 0.1) is 17.5 Å². The van der Waals surface area contributed by atoms with Crippen LogP contribution in [0.1, 0.15) is 43.0 Å². The van der Waals surface area contributed by atoms with E-state index < -0.39 is 17.9 Å². The van der Waals surface area contributed by atoms with E-state index in [1.807, 2.05) is 12.1 Å². The van der Waals surface area contributed by atoms with Crippen molar-refractivity contribution in [2.75, 3.05) is 25.0 Å². The fourth-order valence-electron chi connectivity index (χ4n) is 3.85. The Morgan fingerprint density at radius 1 is 1.28 bits per heavy atom. The Bertz CT molecular complexity index is 1090. The number of rotatable bonds is 9. The SMILES string of the molecule is CCCCCNc1ccc2ncc(-c3ccc(C(=O)NC[C@@H]4C[C@@H](F)CN4)c(F)c3)n2n1. The molecule has 2 aromatic heterocycles. The van der Waals surface area contributed by atoms with Gasteiger partial charge in [0, 0.05) is 31.2 Å². The van der Waals surface area contributed by atoms with Gasteiger partial charge in [-0.3, -0.25) is 4.79 Å². The molecular weight excluding hydrogens is 414 g/mol. The molecule has 0 unspecified atom stereocenters. The van der Waals surface area contributed by atoms with Crippen LogP contribution in [-0.4, -0.2) is 52.4 Å². The topological polar surface area (TPSA) is 83.3 Å². The van der Waals surface area contributed by atoms with E-state index in [1.54, 1.807) is 16.8 Å². The first-order valence-corrected chi connectivity index (χ1v) is 11.1. The van der Waals surface area contributed by atoms with Crippen molar-refractivity contribution in [2.24, 2.45) is 0 Å². The smallest absolute Gasteiger partial charge is 0.254 e. The summed E-state index contributed by atoms with van der Waals surface area (Å²) in [4.78, 5) is 16.7. The highest BCUT2D eigenvalue weighted by Crippen LogP contribution is 2.23. The maximum Gasteiger partial charge on any atom is 0.254 e. The van der Waals surface area contributed by atoms with E-state index in [4.69, 9.17) is 0 Å². The van der Waals surface area contributed by atoms with Gasteiger partial charge < -0.3 is 16.0 Å². The Morgan fingerprint density at radius 3 is 2.91 bits per heavy atom. The molecule has 1 saturated heterocycles. The highest BCUT2D eigenvalue weighted by Gasteiger charge is 2.24. The predicted molar refractivity (Wildman–Crippen MR) is 120 cm³/mol. The number of hydrogen-bond acceptors (Lipinski definition) is 5. The highest BCUT2D eigenvalue weighted by atomic mass is 19.1. The van der Waals surface area contributed by atoms with Crippen molar-refractivity contribution in [1.82, 2.24) is 25.2 Å². The molecule has 2 atom stereocenters. The fraction of sp³-hybridized carbons (Fsp3) is 0.435. The fourth-order valence-corrected chi connectivity index (χ4v) is 3.85. The number of aromatic nitrogens is 3. The molecule has 170 valence electrons. The van der Waals surface area contributed by atoms with Gasteiger partial charge in [0.15, 0.2) is 5.65 Å². The zero-order valence-electron chi connectivity index (χ0n) is 18.1. The van der Waals surface area contributed by atoms with Gasteiger partial charge in [-0.25, -0.2) is 18.3 Å². The Labute approximate surface area is 185 Å². The summed E-state index contributed by atoms with van der Waals surface area (Å²) in [5.41, 5.74) is 1.80. The van der Waals surface area contributed by atoms with E-state index in [1.165, 1.54) is 12.1 Å². The third-order valence-electron chi connectivity index (χ3n) is 5.64. The molecule has 0 saturated carbocycles. The minimum Gasteiger partial charge on any atom is -0.369 e. The summed E-state index contributed by atoms with van der Waals surface area (Å²) in [6, 6.07) is 8.03. The summed E-state index contributed by atoms with van der Waals surface area (Å²) in [6.45, 7) is 3.53. The zero-order valence-corrected chi connectivity index (χ0v) is 18.1. The van der Waals surface area contributed by atoms with Crippen LogP contribution >= 0.6 is 0 Å². The number of unbranched alkanes of at least 4 members (excludes halogenated alkanes) is 2. The molecule has 7 nitrogen and oxygen atoms in total. The van der Waals surface area contributed by atoms with E-state index in [9.17, 15) is 13.6 Å². The van der Waals surface area contributed by atoms with Crippen molar-refractivity contribution >= 4 is 17.4 Å². The average Bonchev–Trinajstić information content (AvgIpc) is 3.40. The number of halogens is 2. The summed E-state index contributed by atoms with van der Waals surface area (Å²) in [5.74, 6) is -0.431. The minimum absolute atomic E-state index is 0.0522. The number of imidazole rings is 1. The molecule has 0 bridgehead atoms. The first kappa shape index (κ1) is 22.1. The number of carbonyl (C=O) groups excluding carboxylic acids is 1. The normalized spacial score (nSPS) is 18.2. The number of anilines is 1. The maximum absolute atomic E-state index is 14.8. The Balaban J connectivity index is 1.47. The van der Waals surface area contributed by atoms with Crippen molar-refractivity contribution in [3.63, 3.8) is 0 Å². The largest absolute Gasteiger partial charge is 0.369 e. The summed E-state index contributed by atoms with van der Waals surface area (Å²) < 4.78 is 29.7. The number of fused-ring (bicyclic) bond motifs is 1. The lowest BCUT2D eigenvalue weighted by atomic mass is 10.1. The van der Waals surface area contributed by atoms with Crippen LogP contribution in [0.5, 0.6) is 0 Å². The van der Waals surface area contributed by atoms with Gasteiger partial charge in [-0.15, -0.1) is 5.10 Å². The van der Waals surface area contributed by atoms with Crippen molar-refractivity contribution in [2.45, 2.75) is 44.8 Å². The maximum atomic E-state index is 14.8. The van der Waals surface area contributed by atoms with Crippen LogP contribution in [0.15, 0.2) is 36.5 Å². The summed E-state index contributed by atoms with van der Waals surface area (Å²) in [5, 5.41) is 13.5. The van der Waals surface area contributed by atoms with Crippen molar-refractivity contribution in [1.29, 1.82) is 0 Å². The van der Waals surface area contributed by atoms with E-state index in [0.29, 0.717) is 23.3 Å². The van der Waals surface area contributed by atoms with Crippen LogP contribution in [0.2, 0.25) is 0 Å². The average molecular weight is 443 g/mol. The molecule has 1 fully saturated rings. The standard InChI is InChI=1S/C23H28F2N6O/c1-2-3-4-9-26-21-7-8-22-28-14-20(31(22)30-21)15-5-6-18(19(25)10-15)23(32)29-13-17-11-16(24)12-27-17/h5-8,10,14,16-17,27H,2-4,9,11-13H2,1H3,(H,26,30)(H,29,32)/t16-,17+/m1/s1. The van der Waals surface area contributed by atoms with Crippen LogP contribution in [0.4, 0.5) is 14.6 Å². The third kappa shape index (κ3) is 5.04. The van der Waals surface area contributed by atoms with Crippen LogP contribution in [0, 0.1) is 5.82 Å². The summed E-state index contributed by atoms with van der Waals surface area (Å²) in [7, 11) is 0. The number of alkyl halides is 1. The lowest BCUT2D eigenvalue weighted by Crippen LogP contribution is -2.37. The van der Waals surface area contributed by atoms with Crippen LogP contribution in [0.3, 0.4) is 0 Å². The van der Waals surface area contributed by atoms with Crippen LogP contribution in [-0.2, 0) is 0 Å². The molecule has 3 aromatic rings. The number of nitrogens with one attached hydrogen (secondary N) is 3. The molecule has 0 aliphatic carbocycles. The van der Waals surface area contributed by atoms with Crippen LogP contribution < -0.4 is 16.0 Å². The van der Waals surface area contributed by atoms with Gasteiger partial charge in [0.2, 0.25) is 0 Å². The summed E-state index contributed by atoms with van der Waals surface area (Å²) >= 11 is 0. The Morgan fingerprint density at radius 2 is 2.16 bits per heavy atom. The van der Waals surface area contributed by atoms with Crippen LogP contribution in [0.25, 0.3) is 16.9 Å². The molecule has 32 heavy (non-hydrogen) atoms. The van der Waals surface area contributed by atoms with Gasteiger partial charge in [0.1, 0.15) is 17.8 Å². The van der Waals surface area contributed by atoms with Gasteiger partial charge in [-0.1, -0.05) is 25.8 Å². The monoisotopic (exact) mass is 442 g/mol. The first-order valence-electron chi connectivity index (χ1n) is 11.1. The second-order valence-corrected chi connectivity index (χ2v) is 8.11. The molecule has 1 aliphatic heterocycles. The molecule has 1 amide bonds. The van der Waals surface area contributed by atoms with Gasteiger partial charge in [0.25, 0.3) is 5.91 Å². The number of benzene rings is 1. The van der Waals surface area contributed by atoms with E-state index >= 15 is 0 Å². The number of carbonyl (C=O) groups is 1. The Hall–Kier alpha value is -3.07. The van der Waals surface area contributed by atoms with Gasteiger partial charge in [-0.2, -0.15) is 0 Å². The highest BCUT2D eigenvalue weighted by molar-refractivity contribution is 5.95. The number of amides is 1. The second-order valence-electron chi connectivity index (χ2n) is 8.11. The molecule has 4 rings (SSSR count). The zero-order chi connectivity index (χ0) is 22.5. The van der Waals surface area contributed by atoms with Crippen molar-refractivity contribution in [3.05, 3.63) is 47.9 Å². The second kappa shape index (κ2) is 10.0. The number of nitrogens with zero attached hydrogens (tertiary/aromatic N) is 3. The number of hydrogen-bond donors (Lipinski definition) is 3. The van der Waals surface area contributed by atoms with Gasteiger partial charge in [-0.05, 0) is 37.1 Å². The molecule has 0 radical (unpaired) electrons. The molecule has 3 heterocycles. The van der Waals surface area contributed by atoms with Gasteiger partial charge >= 0.3 is 0 Å². The molecule has 1 aliphatic rings. The summed E-state index contributed by atoms with van der Waals surface area (Å²) in [6.07, 6.45) is 4.44.